The van der Waals surface area contributed by atoms with Crippen LogP contribution in [0.15, 0.2) is 40.2 Å². The number of benzene rings is 1. The minimum absolute atomic E-state index is 0.250. The zero-order chi connectivity index (χ0) is 15.6. The molecule has 1 saturated heterocycles. The first kappa shape index (κ1) is 15.1. The van der Waals surface area contributed by atoms with E-state index in [9.17, 15) is 4.79 Å². The lowest BCUT2D eigenvalue weighted by Gasteiger charge is -2.23. The number of carbonyl (C=O) groups is 1. The molecule has 1 aliphatic carbocycles. The summed E-state index contributed by atoms with van der Waals surface area (Å²) in [6, 6.07) is 11.1. The van der Waals surface area contributed by atoms with E-state index in [4.69, 9.17) is 0 Å². The molecule has 1 saturated carbocycles. The fraction of sp³-hybridized carbons (Fsp3) is 0.471. The molecule has 120 valence electrons. The highest BCUT2D eigenvalue weighted by Gasteiger charge is 2.46. The average molecular weight is 345 g/mol. The summed E-state index contributed by atoms with van der Waals surface area (Å²) in [5, 5.41) is 7.83. The number of amides is 1. The maximum Gasteiger partial charge on any atom is 0.233 e. The minimum Gasteiger partial charge on any atom is -0.338 e. The molecule has 1 aromatic heterocycles. The van der Waals surface area contributed by atoms with Gasteiger partial charge in [0.1, 0.15) is 5.51 Å². The maximum absolute atomic E-state index is 12.7. The molecule has 0 bridgehead atoms. The summed E-state index contributed by atoms with van der Waals surface area (Å²) in [5.41, 5.74) is 3.10. The molecule has 2 heterocycles. The standard InChI is InChI=1S/C17H19N3OS2/c21-16(10-22-17-19-18-11-23-17)20-9-14(12-5-2-1-3-6-12)13-7-4-8-15(13)20/h1-3,5-6,11,13-15H,4,7-10H2/t13-,14-,15-/m1/s1. The molecule has 2 aliphatic rings. The number of carbonyl (C=O) groups excluding carboxylic acids is 1. The van der Waals surface area contributed by atoms with Crippen molar-refractivity contribution in [2.75, 3.05) is 12.3 Å². The molecule has 4 rings (SSSR count). The van der Waals surface area contributed by atoms with Crippen LogP contribution in [0.5, 0.6) is 0 Å². The third kappa shape index (κ3) is 3.02. The summed E-state index contributed by atoms with van der Waals surface area (Å²) in [7, 11) is 0. The van der Waals surface area contributed by atoms with Crippen molar-refractivity contribution >= 4 is 29.0 Å². The highest BCUT2D eigenvalue weighted by molar-refractivity contribution is 8.01. The van der Waals surface area contributed by atoms with Gasteiger partial charge >= 0.3 is 0 Å². The van der Waals surface area contributed by atoms with Gasteiger partial charge in [-0.15, -0.1) is 10.2 Å². The van der Waals surface area contributed by atoms with E-state index in [-0.39, 0.29) is 5.91 Å². The highest BCUT2D eigenvalue weighted by Crippen LogP contribution is 2.46. The number of rotatable bonds is 4. The number of fused-ring (bicyclic) bond motifs is 1. The van der Waals surface area contributed by atoms with Crippen LogP contribution in [0.2, 0.25) is 0 Å². The second-order valence-electron chi connectivity index (χ2n) is 6.22. The Bertz CT molecular complexity index is 662. The van der Waals surface area contributed by atoms with E-state index in [0.717, 1.165) is 17.3 Å². The van der Waals surface area contributed by atoms with Crippen LogP contribution >= 0.6 is 23.1 Å². The second kappa shape index (κ2) is 6.61. The van der Waals surface area contributed by atoms with E-state index in [1.165, 1.54) is 41.5 Å². The molecule has 0 radical (unpaired) electrons. The van der Waals surface area contributed by atoms with Crippen LogP contribution in [0, 0.1) is 5.92 Å². The van der Waals surface area contributed by atoms with E-state index >= 15 is 0 Å². The molecule has 23 heavy (non-hydrogen) atoms. The molecule has 6 heteroatoms. The Hall–Kier alpha value is -1.40. The first-order valence-electron chi connectivity index (χ1n) is 8.06. The van der Waals surface area contributed by atoms with Crippen molar-refractivity contribution in [1.29, 1.82) is 0 Å². The van der Waals surface area contributed by atoms with Crippen LogP contribution in [0.1, 0.15) is 30.7 Å². The predicted octanol–water partition coefficient (Wildman–Crippen LogP) is 3.42. The molecule has 0 N–H and O–H groups in total. The Kier molecular flexibility index (Phi) is 4.35. The van der Waals surface area contributed by atoms with Crippen molar-refractivity contribution < 1.29 is 4.79 Å². The number of thioether (sulfide) groups is 1. The highest BCUT2D eigenvalue weighted by atomic mass is 32.2. The van der Waals surface area contributed by atoms with Crippen molar-refractivity contribution in [2.24, 2.45) is 5.92 Å². The van der Waals surface area contributed by atoms with Gasteiger partial charge in [0.25, 0.3) is 0 Å². The molecule has 1 amide bonds. The first-order valence-corrected chi connectivity index (χ1v) is 9.93. The topological polar surface area (TPSA) is 46.1 Å². The average Bonchev–Trinajstić information content (AvgIpc) is 3.30. The Morgan fingerprint density at radius 2 is 2.17 bits per heavy atom. The number of hydrogen-bond acceptors (Lipinski definition) is 5. The van der Waals surface area contributed by atoms with E-state index in [0.29, 0.717) is 23.6 Å². The summed E-state index contributed by atoms with van der Waals surface area (Å²) >= 11 is 3.00. The number of aromatic nitrogens is 2. The van der Waals surface area contributed by atoms with Crippen molar-refractivity contribution in [3.05, 3.63) is 41.4 Å². The summed E-state index contributed by atoms with van der Waals surface area (Å²) in [5.74, 6) is 1.85. The fourth-order valence-electron chi connectivity index (χ4n) is 4.08. The van der Waals surface area contributed by atoms with Gasteiger partial charge in [-0.1, -0.05) is 59.9 Å². The zero-order valence-electron chi connectivity index (χ0n) is 12.8. The molecule has 0 unspecified atom stereocenters. The fourth-order valence-corrected chi connectivity index (χ4v) is 5.45. The van der Waals surface area contributed by atoms with Crippen LogP contribution in [0.3, 0.4) is 0 Å². The zero-order valence-corrected chi connectivity index (χ0v) is 14.4. The lowest BCUT2D eigenvalue weighted by atomic mass is 9.87. The molecule has 4 nitrogen and oxygen atoms in total. The molecule has 1 aliphatic heterocycles. The molecule has 2 fully saturated rings. The van der Waals surface area contributed by atoms with Crippen molar-refractivity contribution in [1.82, 2.24) is 15.1 Å². The van der Waals surface area contributed by atoms with Gasteiger partial charge in [-0.25, -0.2) is 0 Å². The largest absolute Gasteiger partial charge is 0.338 e. The van der Waals surface area contributed by atoms with Crippen LogP contribution in [0.4, 0.5) is 0 Å². The van der Waals surface area contributed by atoms with Gasteiger partial charge in [0.15, 0.2) is 4.34 Å². The predicted molar refractivity (Wildman–Crippen MR) is 92.7 cm³/mol. The van der Waals surface area contributed by atoms with E-state index in [2.05, 4.69) is 45.4 Å². The SMILES string of the molecule is O=C(CSc1nncs1)N1C[C@H](c2ccccc2)[C@H]2CCC[C@H]21. The van der Waals surface area contributed by atoms with Gasteiger partial charge in [0.05, 0.1) is 5.75 Å². The normalized spacial score (nSPS) is 26.4. The van der Waals surface area contributed by atoms with E-state index in [1.54, 1.807) is 5.51 Å². The Morgan fingerprint density at radius 3 is 2.96 bits per heavy atom. The van der Waals surface area contributed by atoms with Crippen molar-refractivity contribution in [2.45, 2.75) is 35.6 Å². The summed E-state index contributed by atoms with van der Waals surface area (Å²) in [6.45, 7) is 0.870. The van der Waals surface area contributed by atoms with Gasteiger partial charge in [0, 0.05) is 18.5 Å². The molecule has 2 aromatic rings. The Morgan fingerprint density at radius 1 is 1.30 bits per heavy atom. The lowest BCUT2D eigenvalue weighted by Crippen LogP contribution is -2.37. The van der Waals surface area contributed by atoms with Crippen molar-refractivity contribution in [3.8, 4) is 0 Å². The molecule has 3 atom stereocenters. The molecular formula is C17H19N3OS2. The minimum atomic E-state index is 0.250. The number of nitrogens with zero attached hydrogens (tertiary/aromatic N) is 3. The van der Waals surface area contributed by atoms with Crippen LogP contribution in [-0.2, 0) is 4.79 Å². The van der Waals surface area contributed by atoms with Gasteiger partial charge in [-0.05, 0) is 24.3 Å². The molecule has 0 spiro atoms. The number of hydrogen-bond donors (Lipinski definition) is 0. The maximum atomic E-state index is 12.7. The Labute approximate surface area is 144 Å². The lowest BCUT2D eigenvalue weighted by molar-refractivity contribution is -0.129. The summed E-state index contributed by atoms with van der Waals surface area (Å²) < 4.78 is 0.875. The second-order valence-corrected chi connectivity index (χ2v) is 8.27. The third-order valence-electron chi connectivity index (χ3n) is 5.05. The molecule has 1 aromatic carbocycles. The van der Waals surface area contributed by atoms with Gasteiger partial charge < -0.3 is 4.90 Å². The van der Waals surface area contributed by atoms with Gasteiger partial charge in [0.2, 0.25) is 5.91 Å². The van der Waals surface area contributed by atoms with Crippen LogP contribution in [-0.4, -0.2) is 39.3 Å². The van der Waals surface area contributed by atoms with E-state index in [1.807, 2.05) is 0 Å². The van der Waals surface area contributed by atoms with Gasteiger partial charge in [-0.2, -0.15) is 0 Å². The third-order valence-corrected chi connectivity index (χ3v) is 6.89. The Balaban J connectivity index is 1.47. The summed E-state index contributed by atoms with van der Waals surface area (Å²) in [6.07, 6.45) is 3.65. The first-order chi connectivity index (χ1) is 11.3. The van der Waals surface area contributed by atoms with E-state index < -0.39 is 0 Å². The quantitative estimate of drug-likeness (QED) is 0.797. The van der Waals surface area contributed by atoms with Crippen LogP contribution < -0.4 is 0 Å². The number of likely N-dealkylation sites (tertiary alicyclic amines) is 1. The smallest absolute Gasteiger partial charge is 0.233 e. The van der Waals surface area contributed by atoms with Crippen LogP contribution in [0.25, 0.3) is 0 Å². The monoisotopic (exact) mass is 345 g/mol. The summed E-state index contributed by atoms with van der Waals surface area (Å²) in [4.78, 5) is 14.9. The van der Waals surface area contributed by atoms with Gasteiger partial charge in [-0.3, -0.25) is 4.79 Å². The van der Waals surface area contributed by atoms with Crippen molar-refractivity contribution in [3.63, 3.8) is 0 Å². The molecular weight excluding hydrogens is 326 g/mol.